The van der Waals surface area contributed by atoms with Crippen LogP contribution in [-0.4, -0.2) is 29.2 Å². The maximum absolute atomic E-state index is 11.0. The van der Waals surface area contributed by atoms with Gasteiger partial charge in [0.25, 0.3) is 0 Å². The van der Waals surface area contributed by atoms with Gasteiger partial charge in [-0.15, -0.1) is 0 Å². The Kier molecular flexibility index (Phi) is 3.76. The van der Waals surface area contributed by atoms with Gasteiger partial charge in [-0.2, -0.15) is 0 Å². The zero-order valence-corrected chi connectivity index (χ0v) is 10.5. The summed E-state index contributed by atoms with van der Waals surface area (Å²) in [6, 6.07) is 1.74. The number of rotatable bonds is 4. The fourth-order valence-electron chi connectivity index (χ4n) is 2.28. The highest BCUT2D eigenvalue weighted by Gasteiger charge is 2.26. The molecule has 1 saturated carbocycles. The first-order valence-corrected chi connectivity index (χ1v) is 6.00. The van der Waals surface area contributed by atoms with Gasteiger partial charge in [-0.05, 0) is 31.7 Å². The number of methoxy groups -OCH3 is 1. The molecule has 2 atom stereocenters. The summed E-state index contributed by atoms with van der Waals surface area (Å²) in [5.74, 6) is 0.354. The first-order valence-electron chi connectivity index (χ1n) is 6.00. The summed E-state index contributed by atoms with van der Waals surface area (Å²) < 4.78 is 5.28. The quantitative estimate of drug-likeness (QED) is 0.656. The Hall–Kier alpha value is -1.69. The molecule has 2 unspecified atom stereocenters. The minimum atomic E-state index is -0.398. The van der Waals surface area contributed by atoms with Crippen molar-refractivity contribution >= 4 is 11.5 Å². The van der Waals surface area contributed by atoms with Gasteiger partial charge in [0.2, 0.25) is 5.82 Å². The molecular weight excluding hydrogens is 234 g/mol. The van der Waals surface area contributed by atoms with E-state index < -0.39 is 4.92 Å². The molecule has 18 heavy (non-hydrogen) atoms. The molecule has 0 bridgehead atoms. The molecular formula is C12H17N3O3. The highest BCUT2D eigenvalue weighted by molar-refractivity contribution is 5.57. The van der Waals surface area contributed by atoms with E-state index in [9.17, 15) is 10.1 Å². The van der Waals surface area contributed by atoms with Gasteiger partial charge in [0.15, 0.2) is 0 Å². The van der Waals surface area contributed by atoms with Gasteiger partial charge in [-0.3, -0.25) is 10.1 Å². The number of aryl methyl sites for hydroxylation is 1. The highest BCUT2D eigenvalue weighted by atomic mass is 16.6. The second kappa shape index (κ2) is 5.30. The Balaban J connectivity index is 2.12. The van der Waals surface area contributed by atoms with Crippen LogP contribution in [0, 0.1) is 17.0 Å². The average molecular weight is 251 g/mol. The highest BCUT2D eigenvalue weighted by Crippen LogP contribution is 2.28. The Morgan fingerprint density at radius 3 is 2.94 bits per heavy atom. The van der Waals surface area contributed by atoms with Crippen molar-refractivity contribution in [2.24, 2.45) is 0 Å². The van der Waals surface area contributed by atoms with Crippen LogP contribution in [0.4, 0.5) is 11.5 Å². The van der Waals surface area contributed by atoms with Crippen molar-refractivity contribution in [3.8, 4) is 0 Å². The molecule has 0 spiro atoms. The van der Waals surface area contributed by atoms with Crippen LogP contribution in [0.2, 0.25) is 0 Å². The second-order valence-corrected chi connectivity index (χ2v) is 4.65. The summed E-state index contributed by atoms with van der Waals surface area (Å²) in [5, 5.41) is 14.1. The summed E-state index contributed by atoms with van der Waals surface area (Å²) in [5.41, 5.74) is 0.823. The van der Waals surface area contributed by atoms with Crippen LogP contribution in [0.5, 0.6) is 0 Å². The van der Waals surface area contributed by atoms with E-state index in [1.807, 2.05) is 0 Å². The fraction of sp³-hybridized carbons (Fsp3) is 0.583. The van der Waals surface area contributed by atoms with E-state index in [0.717, 1.165) is 24.8 Å². The molecule has 2 rings (SSSR count). The van der Waals surface area contributed by atoms with E-state index in [1.54, 1.807) is 20.2 Å². The molecule has 1 fully saturated rings. The number of anilines is 1. The lowest BCUT2D eigenvalue weighted by Crippen LogP contribution is -2.19. The number of nitrogens with one attached hydrogen (secondary N) is 1. The maximum atomic E-state index is 11.0. The Morgan fingerprint density at radius 2 is 2.33 bits per heavy atom. The minimum Gasteiger partial charge on any atom is -0.381 e. The van der Waals surface area contributed by atoms with Crippen LogP contribution in [0.25, 0.3) is 0 Å². The van der Waals surface area contributed by atoms with Crippen molar-refractivity contribution < 1.29 is 9.66 Å². The number of aromatic nitrogens is 1. The van der Waals surface area contributed by atoms with Crippen molar-refractivity contribution in [1.29, 1.82) is 0 Å². The van der Waals surface area contributed by atoms with Gasteiger partial charge in [-0.1, -0.05) is 0 Å². The van der Waals surface area contributed by atoms with Crippen molar-refractivity contribution in [2.45, 2.75) is 38.3 Å². The lowest BCUT2D eigenvalue weighted by Gasteiger charge is -2.13. The number of hydrogen-bond acceptors (Lipinski definition) is 5. The van der Waals surface area contributed by atoms with Gasteiger partial charge in [0, 0.05) is 25.4 Å². The topological polar surface area (TPSA) is 77.3 Å². The molecule has 1 aliphatic carbocycles. The molecule has 0 aromatic carbocycles. The lowest BCUT2D eigenvalue weighted by molar-refractivity contribution is -0.384. The number of hydrogen-bond donors (Lipinski definition) is 1. The molecule has 1 aromatic rings. The van der Waals surface area contributed by atoms with Crippen LogP contribution in [0.1, 0.15) is 24.8 Å². The molecule has 98 valence electrons. The Bertz CT molecular complexity index is 450. The molecule has 0 amide bonds. The van der Waals surface area contributed by atoms with E-state index in [0.29, 0.717) is 5.82 Å². The Morgan fingerprint density at radius 1 is 1.56 bits per heavy atom. The molecule has 1 N–H and O–H groups in total. The summed E-state index contributed by atoms with van der Waals surface area (Å²) >= 11 is 0. The zero-order chi connectivity index (χ0) is 13.1. The van der Waals surface area contributed by atoms with Crippen molar-refractivity contribution in [3.63, 3.8) is 0 Å². The predicted molar refractivity (Wildman–Crippen MR) is 67.7 cm³/mol. The minimum absolute atomic E-state index is 0.0378. The third kappa shape index (κ3) is 2.76. The van der Waals surface area contributed by atoms with Crippen LogP contribution in [0.15, 0.2) is 12.3 Å². The smallest absolute Gasteiger partial charge is 0.311 e. The maximum Gasteiger partial charge on any atom is 0.311 e. The summed E-state index contributed by atoms with van der Waals surface area (Å²) in [4.78, 5) is 14.7. The molecule has 6 nitrogen and oxygen atoms in total. The van der Waals surface area contributed by atoms with Crippen LogP contribution in [0.3, 0.4) is 0 Å². The van der Waals surface area contributed by atoms with Crippen molar-refractivity contribution in [2.75, 3.05) is 12.4 Å². The first-order chi connectivity index (χ1) is 8.60. The van der Waals surface area contributed by atoms with Gasteiger partial charge in [0.05, 0.1) is 11.0 Å². The van der Waals surface area contributed by atoms with Crippen LogP contribution < -0.4 is 5.32 Å². The first kappa shape index (κ1) is 12.8. The summed E-state index contributed by atoms with van der Waals surface area (Å²) in [6.45, 7) is 1.79. The molecule has 1 aromatic heterocycles. The van der Waals surface area contributed by atoms with E-state index in [2.05, 4.69) is 10.3 Å². The third-order valence-corrected chi connectivity index (χ3v) is 3.26. The average Bonchev–Trinajstić information content (AvgIpc) is 2.79. The lowest BCUT2D eigenvalue weighted by atomic mass is 10.2. The Labute approximate surface area is 106 Å². The van der Waals surface area contributed by atoms with E-state index in [-0.39, 0.29) is 17.8 Å². The SMILES string of the molecule is COC1CCC(Nc2ncc(C)cc2[N+](=O)[O-])C1. The van der Waals surface area contributed by atoms with E-state index in [1.165, 1.54) is 6.07 Å². The van der Waals surface area contributed by atoms with Gasteiger partial charge in [-0.25, -0.2) is 4.98 Å². The molecule has 6 heteroatoms. The van der Waals surface area contributed by atoms with Crippen LogP contribution >= 0.6 is 0 Å². The van der Waals surface area contributed by atoms with Gasteiger partial charge >= 0.3 is 5.69 Å². The molecule has 1 aliphatic rings. The second-order valence-electron chi connectivity index (χ2n) is 4.65. The zero-order valence-electron chi connectivity index (χ0n) is 10.5. The summed E-state index contributed by atoms with van der Waals surface area (Å²) in [6.07, 6.45) is 4.67. The molecule has 0 radical (unpaired) electrons. The van der Waals surface area contributed by atoms with Crippen molar-refractivity contribution in [1.82, 2.24) is 4.98 Å². The number of pyridine rings is 1. The number of ether oxygens (including phenoxy) is 1. The summed E-state index contributed by atoms with van der Waals surface area (Å²) in [7, 11) is 1.69. The molecule has 0 aliphatic heterocycles. The normalized spacial score (nSPS) is 23.0. The largest absolute Gasteiger partial charge is 0.381 e. The van der Waals surface area contributed by atoms with Crippen molar-refractivity contribution in [3.05, 3.63) is 27.9 Å². The van der Waals surface area contributed by atoms with E-state index in [4.69, 9.17) is 4.74 Å². The van der Waals surface area contributed by atoms with Gasteiger partial charge in [0.1, 0.15) is 0 Å². The monoisotopic (exact) mass is 251 g/mol. The molecule has 0 saturated heterocycles. The fourth-order valence-corrected chi connectivity index (χ4v) is 2.28. The number of nitro groups is 1. The molecule has 1 heterocycles. The van der Waals surface area contributed by atoms with E-state index >= 15 is 0 Å². The number of nitrogens with zero attached hydrogens (tertiary/aromatic N) is 2. The van der Waals surface area contributed by atoms with Crippen LogP contribution in [-0.2, 0) is 4.74 Å². The van der Waals surface area contributed by atoms with Gasteiger partial charge < -0.3 is 10.1 Å². The standard InChI is InChI=1S/C12H17N3O3/c1-8-5-11(15(16)17)12(13-7-8)14-9-3-4-10(6-9)18-2/h5,7,9-10H,3-4,6H2,1-2H3,(H,13,14). The predicted octanol–water partition coefficient (Wildman–Crippen LogP) is 2.28. The third-order valence-electron chi connectivity index (χ3n) is 3.26.